The van der Waals surface area contributed by atoms with E-state index < -0.39 is 59.9 Å². The Morgan fingerprint density at radius 1 is 0.972 bits per heavy atom. The van der Waals surface area contributed by atoms with E-state index in [1.807, 2.05) is 41.5 Å². The van der Waals surface area contributed by atoms with Crippen molar-refractivity contribution in [1.29, 1.82) is 0 Å². The van der Waals surface area contributed by atoms with Crippen LogP contribution in [-0.2, 0) is 18.9 Å². The van der Waals surface area contributed by atoms with Gasteiger partial charge in [0.25, 0.3) is 0 Å². The highest BCUT2D eigenvalue weighted by Gasteiger charge is 2.51. The van der Waals surface area contributed by atoms with Crippen molar-refractivity contribution in [3.05, 3.63) is 11.8 Å². The van der Waals surface area contributed by atoms with Gasteiger partial charge < -0.3 is 43.7 Å². The van der Waals surface area contributed by atoms with Gasteiger partial charge in [0.1, 0.15) is 41.7 Å². The first-order valence-corrected chi connectivity index (χ1v) is 12.1. The molecule has 1 aliphatic rings. The molecular formula is C25H44N2O9. The van der Waals surface area contributed by atoms with Crippen LogP contribution in [0.15, 0.2) is 6.20 Å². The molecule has 1 aromatic heterocycles. The van der Waals surface area contributed by atoms with E-state index in [0.29, 0.717) is 0 Å². The summed E-state index contributed by atoms with van der Waals surface area (Å²) in [4.78, 5) is 8.65. The number of aliphatic hydroxyl groups is 3. The minimum atomic E-state index is -1.37. The summed E-state index contributed by atoms with van der Waals surface area (Å²) in [5.74, 6) is -2.11. The molecule has 36 heavy (non-hydrogen) atoms. The molecule has 0 bridgehead atoms. The third-order valence-electron chi connectivity index (χ3n) is 5.18. The number of rotatable bonds is 10. The summed E-state index contributed by atoms with van der Waals surface area (Å²) in [5.41, 5.74) is -0.960. The predicted octanol–water partition coefficient (Wildman–Crippen LogP) is 2.51. The van der Waals surface area contributed by atoms with Gasteiger partial charge in [-0.2, -0.15) is 4.98 Å². The minimum absolute atomic E-state index is 0.0914. The number of hydrogen-bond donors (Lipinski definition) is 3. The lowest BCUT2D eigenvalue weighted by atomic mass is 9.96. The number of nitrogens with zero attached hydrogens (tertiary/aromatic N) is 2. The molecule has 1 unspecified atom stereocenters. The van der Waals surface area contributed by atoms with Crippen molar-refractivity contribution in [3.63, 3.8) is 0 Å². The second-order valence-electron chi connectivity index (χ2n) is 11.8. The Bertz CT molecular complexity index is 864. The zero-order chi connectivity index (χ0) is 27.7. The fourth-order valence-corrected chi connectivity index (χ4v) is 3.60. The SMILES string of the molecule is COC(C)(C)O[C@H](CO)[C@@H](O)[C@H]1OC(C)(C)O[C@@H]1C(O)c1cnc(OC(C)(C)C)nc1OC(C)(C)C. The van der Waals surface area contributed by atoms with Crippen LogP contribution >= 0.6 is 0 Å². The number of hydrogen-bond acceptors (Lipinski definition) is 11. The highest BCUT2D eigenvalue weighted by molar-refractivity contribution is 5.30. The van der Waals surface area contributed by atoms with E-state index in [9.17, 15) is 15.3 Å². The van der Waals surface area contributed by atoms with E-state index in [4.69, 9.17) is 28.4 Å². The van der Waals surface area contributed by atoms with E-state index in [1.54, 1.807) is 27.7 Å². The molecule has 0 spiro atoms. The fraction of sp³-hybridized carbons (Fsp3) is 0.840. The quantitative estimate of drug-likeness (QED) is 0.395. The van der Waals surface area contributed by atoms with E-state index in [-0.39, 0.29) is 17.5 Å². The molecule has 1 fully saturated rings. The van der Waals surface area contributed by atoms with Gasteiger partial charge >= 0.3 is 6.01 Å². The van der Waals surface area contributed by atoms with Crippen LogP contribution in [0, 0.1) is 0 Å². The first kappa shape index (κ1) is 30.6. The molecule has 11 heteroatoms. The van der Waals surface area contributed by atoms with Crippen LogP contribution < -0.4 is 9.47 Å². The molecule has 3 N–H and O–H groups in total. The van der Waals surface area contributed by atoms with Gasteiger partial charge in [0.15, 0.2) is 11.6 Å². The Morgan fingerprint density at radius 2 is 1.53 bits per heavy atom. The smallest absolute Gasteiger partial charge is 0.320 e. The topological polar surface area (TPSA) is 142 Å². The Balaban J connectivity index is 2.44. The molecule has 2 heterocycles. The first-order valence-electron chi connectivity index (χ1n) is 12.1. The average molecular weight is 517 g/mol. The second-order valence-corrected chi connectivity index (χ2v) is 11.8. The molecule has 208 valence electrons. The standard InChI is InChI=1S/C25H44N2O9/c1-22(2,3)35-20-14(12-26-21(27-20)36-23(4,5)6)16(29)18-19(34-25(9,10)33-18)17(30)15(13-28)32-24(7,8)31-11/h12,15-19,28-30H,13H2,1-11H3/t15-,16?,17-,18-,19-/m1/s1. The normalized spacial score (nSPS) is 23.3. The fourth-order valence-electron chi connectivity index (χ4n) is 3.60. The van der Waals surface area contributed by atoms with E-state index in [1.165, 1.54) is 13.3 Å². The molecule has 1 aliphatic heterocycles. The maximum atomic E-state index is 11.5. The number of methoxy groups -OCH3 is 1. The molecule has 2 rings (SSSR count). The lowest BCUT2D eigenvalue weighted by molar-refractivity contribution is -0.258. The predicted molar refractivity (Wildman–Crippen MR) is 131 cm³/mol. The maximum Gasteiger partial charge on any atom is 0.320 e. The van der Waals surface area contributed by atoms with E-state index >= 15 is 0 Å². The van der Waals surface area contributed by atoms with Gasteiger partial charge in [0, 0.05) is 13.3 Å². The maximum absolute atomic E-state index is 11.5. The summed E-state index contributed by atoms with van der Waals surface area (Å²) in [6.45, 7) is 17.3. The molecule has 0 saturated carbocycles. The van der Waals surface area contributed by atoms with Crippen LogP contribution in [-0.4, -0.2) is 86.2 Å². The van der Waals surface area contributed by atoms with Crippen LogP contribution in [0.4, 0.5) is 0 Å². The summed E-state index contributed by atoms with van der Waals surface area (Å²) in [5, 5.41) is 32.5. The molecule has 1 saturated heterocycles. The van der Waals surface area contributed by atoms with Crippen molar-refractivity contribution in [2.24, 2.45) is 0 Å². The average Bonchev–Trinajstić information content (AvgIpc) is 3.04. The summed E-state index contributed by atoms with van der Waals surface area (Å²) in [7, 11) is 1.45. The zero-order valence-corrected chi connectivity index (χ0v) is 23.4. The van der Waals surface area contributed by atoms with Gasteiger partial charge in [-0.25, -0.2) is 4.98 Å². The van der Waals surface area contributed by atoms with Gasteiger partial charge in [-0.3, -0.25) is 0 Å². The lowest BCUT2D eigenvalue weighted by Gasteiger charge is -2.35. The highest BCUT2D eigenvalue weighted by Crippen LogP contribution is 2.40. The summed E-state index contributed by atoms with van der Waals surface area (Å²) < 4.78 is 34.8. The summed E-state index contributed by atoms with van der Waals surface area (Å²) >= 11 is 0. The number of aliphatic hydroxyl groups excluding tert-OH is 3. The van der Waals surface area contributed by atoms with E-state index in [0.717, 1.165) is 0 Å². The van der Waals surface area contributed by atoms with Crippen molar-refractivity contribution >= 4 is 0 Å². The van der Waals surface area contributed by atoms with Crippen LogP contribution in [0.25, 0.3) is 0 Å². The van der Waals surface area contributed by atoms with Crippen LogP contribution in [0.1, 0.15) is 80.9 Å². The van der Waals surface area contributed by atoms with Gasteiger partial charge in [0.2, 0.25) is 5.88 Å². The number of ether oxygens (including phenoxy) is 6. The molecule has 5 atom stereocenters. The van der Waals surface area contributed by atoms with Crippen LogP contribution in [0.3, 0.4) is 0 Å². The lowest BCUT2D eigenvalue weighted by Crippen LogP contribution is -2.50. The van der Waals surface area contributed by atoms with Crippen molar-refractivity contribution in [1.82, 2.24) is 9.97 Å². The Labute approximate surface area is 214 Å². The van der Waals surface area contributed by atoms with Crippen molar-refractivity contribution in [2.45, 2.75) is 123 Å². The summed E-state index contributed by atoms with van der Waals surface area (Å²) in [6, 6.07) is 0.0914. The monoisotopic (exact) mass is 516 g/mol. The largest absolute Gasteiger partial charge is 0.472 e. The third kappa shape index (κ3) is 8.47. The minimum Gasteiger partial charge on any atom is -0.472 e. The zero-order valence-electron chi connectivity index (χ0n) is 23.4. The Hall–Kier alpha value is -1.60. The third-order valence-corrected chi connectivity index (χ3v) is 5.18. The molecule has 0 amide bonds. The van der Waals surface area contributed by atoms with Crippen molar-refractivity contribution in [2.75, 3.05) is 13.7 Å². The van der Waals surface area contributed by atoms with Crippen molar-refractivity contribution in [3.8, 4) is 11.9 Å². The highest BCUT2D eigenvalue weighted by atomic mass is 16.8. The van der Waals surface area contributed by atoms with Gasteiger partial charge in [-0.1, -0.05) is 0 Å². The summed E-state index contributed by atoms with van der Waals surface area (Å²) in [6.07, 6.45) is -4.55. The van der Waals surface area contributed by atoms with Gasteiger partial charge in [0.05, 0.1) is 12.2 Å². The van der Waals surface area contributed by atoms with Gasteiger partial charge in [-0.15, -0.1) is 0 Å². The molecule has 11 nitrogen and oxygen atoms in total. The Kier molecular flexibility index (Phi) is 9.38. The molecule has 0 aromatic carbocycles. The molecule has 0 aliphatic carbocycles. The second kappa shape index (κ2) is 11.0. The molecule has 1 aromatic rings. The molecule has 0 radical (unpaired) electrons. The van der Waals surface area contributed by atoms with E-state index in [2.05, 4.69) is 9.97 Å². The van der Waals surface area contributed by atoms with Crippen LogP contribution in [0.5, 0.6) is 11.9 Å². The van der Waals surface area contributed by atoms with Gasteiger partial charge in [-0.05, 0) is 69.2 Å². The van der Waals surface area contributed by atoms with Crippen LogP contribution in [0.2, 0.25) is 0 Å². The first-order chi connectivity index (χ1) is 16.3. The van der Waals surface area contributed by atoms with Crippen molar-refractivity contribution < 1.29 is 43.7 Å². The Morgan fingerprint density at radius 3 is 2.03 bits per heavy atom. The molecular weight excluding hydrogens is 472 g/mol. The number of aromatic nitrogens is 2.